The molecule has 0 spiro atoms. The van der Waals surface area contributed by atoms with Gasteiger partial charge in [0.05, 0.1) is 5.92 Å². The molecule has 0 saturated carbocycles. The highest BCUT2D eigenvalue weighted by Gasteiger charge is 2.40. The molecule has 26 heavy (non-hydrogen) atoms. The number of benzene rings is 2. The van der Waals surface area contributed by atoms with Crippen molar-refractivity contribution in [2.75, 3.05) is 19.7 Å². The molecule has 2 aromatic carbocycles. The first-order chi connectivity index (χ1) is 12.5. The quantitative estimate of drug-likeness (QED) is 0.897. The van der Waals surface area contributed by atoms with Gasteiger partial charge in [0.25, 0.3) is 5.91 Å². The number of rotatable bonds is 5. The summed E-state index contributed by atoms with van der Waals surface area (Å²) >= 11 is 0. The molecule has 2 atom stereocenters. The van der Waals surface area contributed by atoms with E-state index in [4.69, 9.17) is 4.74 Å². The van der Waals surface area contributed by atoms with E-state index in [-0.39, 0.29) is 25.0 Å². The molecule has 0 aliphatic carbocycles. The highest BCUT2D eigenvalue weighted by Crippen LogP contribution is 2.33. The van der Waals surface area contributed by atoms with E-state index in [1.165, 1.54) is 0 Å². The van der Waals surface area contributed by atoms with Gasteiger partial charge in [-0.25, -0.2) is 0 Å². The Labute approximate surface area is 153 Å². The largest absolute Gasteiger partial charge is 0.483 e. The number of aryl methyl sites for hydroxylation is 2. The average Bonchev–Trinajstić information content (AvgIpc) is 3.08. The maximum atomic E-state index is 12.6. The van der Waals surface area contributed by atoms with Gasteiger partial charge in [-0.1, -0.05) is 48.5 Å². The summed E-state index contributed by atoms with van der Waals surface area (Å²) in [6.45, 7) is 4.41. The first-order valence-corrected chi connectivity index (χ1v) is 8.72. The second-order valence-corrected chi connectivity index (χ2v) is 6.77. The van der Waals surface area contributed by atoms with Gasteiger partial charge in [0.15, 0.2) is 6.61 Å². The number of aliphatic carboxylic acids is 1. The minimum Gasteiger partial charge on any atom is -0.483 e. The van der Waals surface area contributed by atoms with Crippen LogP contribution in [0.5, 0.6) is 5.75 Å². The summed E-state index contributed by atoms with van der Waals surface area (Å²) in [6.07, 6.45) is 0. The number of carboxylic acids is 1. The third kappa shape index (κ3) is 3.72. The predicted molar refractivity (Wildman–Crippen MR) is 98.3 cm³/mol. The molecule has 0 unspecified atom stereocenters. The lowest BCUT2D eigenvalue weighted by Gasteiger charge is -2.18. The van der Waals surface area contributed by atoms with E-state index in [0.717, 1.165) is 22.4 Å². The molecule has 1 saturated heterocycles. The zero-order valence-corrected chi connectivity index (χ0v) is 15.0. The van der Waals surface area contributed by atoms with Crippen LogP contribution in [0.15, 0.2) is 48.5 Å². The highest BCUT2D eigenvalue weighted by atomic mass is 16.5. The van der Waals surface area contributed by atoms with Crippen molar-refractivity contribution in [3.63, 3.8) is 0 Å². The molecule has 2 aromatic rings. The Morgan fingerprint density at radius 2 is 1.69 bits per heavy atom. The number of carbonyl (C=O) groups is 2. The monoisotopic (exact) mass is 353 g/mol. The maximum absolute atomic E-state index is 12.6. The third-order valence-electron chi connectivity index (χ3n) is 4.97. The van der Waals surface area contributed by atoms with Crippen molar-refractivity contribution in [3.05, 3.63) is 65.2 Å². The summed E-state index contributed by atoms with van der Waals surface area (Å²) in [7, 11) is 0. The van der Waals surface area contributed by atoms with Crippen LogP contribution in [0.4, 0.5) is 0 Å². The summed E-state index contributed by atoms with van der Waals surface area (Å²) in [4.78, 5) is 25.8. The lowest BCUT2D eigenvalue weighted by atomic mass is 9.89. The van der Waals surface area contributed by atoms with E-state index < -0.39 is 11.9 Å². The molecule has 1 fully saturated rings. The van der Waals surface area contributed by atoms with Gasteiger partial charge in [-0.15, -0.1) is 0 Å². The summed E-state index contributed by atoms with van der Waals surface area (Å²) in [6, 6.07) is 15.3. The molecule has 5 heteroatoms. The fourth-order valence-corrected chi connectivity index (χ4v) is 3.55. The molecular weight excluding hydrogens is 330 g/mol. The van der Waals surface area contributed by atoms with E-state index in [9.17, 15) is 14.7 Å². The number of ether oxygens (including phenoxy) is 1. The van der Waals surface area contributed by atoms with Crippen molar-refractivity contribution in [1.82, 2.24) is 4.90 Å². The van der Waals surface area contributed by atoms with Gasteiger partial charge in [0.1, 0.15) is 5.75 Å². The first-order valence-electron chi connectivity index (χ1n) is 8.72. The molecule has 5 nitrogen and oxygen atoms in total. The minimum absolute atomic E-state index is 0.0838. The number of para-hydroxylation sites is 1. The molecule has 136 valence electrons. The Morgan fingerprint density at radius 3 is 2.31 bits per heavy atom. The smallest absolute Gasteiger partial charge is 0.308 e. The van der Waals surface area contributed by atoms with Crippen molar-refractivity contribution in [2.45, 2.75) is 19.8 Å². The normalized spacial score (nSPS) is 19.4. The second kappa shape index (κ2) is 7.60. The zero-order chi connectivity index (χ0) is 18.7. The summed E-state index contributed by atoms with van der Waals surface area (Å²) in [5.41, 5.74) is 2.90. The number of hydrogen-bond acceptors (Lipinski definition) is 3. The number of amides is 1. The van der Waals surface area contributed by atoms with Crippen molar-refractivity contribution < 1.29 is 19.4 Å². The standard InChI is InChI=1S/C21H23NO4/c1-14-7-6-8-15(2)20(14)26-13-19(23)22-11-17(18(12-22)21(24)25)16-9-4-3-5-10-16/h3-10,17-18H,11-13H2,1-2H3,(H,24,25)/t17-,18-/m0/s1. The van der Waals surface area contributed by atoms with Crippen LogP contribution in [0.3, 0.4) is 0 Å². The Balaban J connectivity index is 1.69. The molecule has 1 N–H and O–H groups in total. The van der Waals surface area contributed by atoms with Gasteiger partial charge in [0.2, 0.25) is 0 Å². The molecule has 0 bridgehead atoms. The predicted octanol–water partition coefficient (Wildman–Crippen LogP) is 3.01. The van der Waals surface area contributed by atoms with Gasteiger partial charge in [-0.3, -0.25) is 9.59 Å². The van der Waals surface area contributed by atoms with Gasteiger partial charge < -0.3 is 14.7 Å². The molecule has 1 heterocycles. The van der Waals surface area contributed by atoms with Crippen LogP contribution in [-0.4, -0.2) is 41.6 Å². The third-order valence-corrected chi connectivity index (χ3v) is 4.97. The first kappa shape index (κ1) is 18.0. The molecule has 1 aliphatic heterocycles. The summed E-state index contributed by atoms with van der Waals surface area (Å²) < 4.78 is 5.74. The molecular formula is C21H23NO4. The Hall–Kier alpha value is -2.82. The summed E-state index contributed by atoms with van der Waals surface area (Å²) in [5.74, 6) is -1.13. The van der Waals surface area contributed by atoms with Gasteiger partial charge in [-0.05, 0) is 30.5 Å². The Morgan fingerprint density at radius 1 is 1.04 bits per heavy atom. The van der Waals surface area contributed by atoms with Crippen LogP contribution in [0.1, 0.15) is 22.6 Å². The van der Waals surface area contributed by atoms with Crippen LogP contribution in [0.25, 0.3) is 0 Å². The van der Waals surface area contributed by atoms with Crippen LogP contribution in [-0.2, 0) is 9.59 Å². The molecule has 0 radical (unpaired) electrons. The topological polar surface area (TPSA) is 66.8 Å². The highest BCUT2D eigenvalue weighted by molar-refractivity contribution is 5.80. The van der Waals surface area contributed by atoms with Gasteiger partial charge >= 0.3 is 5.97 Å². The number of carbonyl (C=O) groups excluding carboxylic acids is 1. The SMILES string of the molecule is Cc1cccc(C)c1OCC(=O)N1C[C@H](C(=O)O)[C@H](c2ccccc2)C1. The van der Waals surface area contributed by atoms with Crippen molar-refractivity contribution in [2.24, 2.45) is 5.92 Å². The fraction of sp³-hybridized carbons (Fsp3) is 0.333. The Bertz CT molecular complexity index is 783. The molecule has 0 aromatic heterocycles. The van der Waals surface area contributed by atoms with Crippen LogP contribution in [0, 0.1) is 19.8 Å². The Kier molecular flexibility index (Phi) is 5.26. The average molecular weight is 353 g/mol. The van der Waals surface area contributed by atoms with E-state index in [0.29, 0.717) is 6.54 Å². The van der Waals surface area contributed by atoms with E-state index in [1.54, 1.807) is 4.90 Å². The number of hydrogen-bond donors (Lipinski definition) is 1. The van der Waals surface area contributed by atoms with Crippen LogP contribution >= 0.6 is 0 Å². The zero-order valence-electron chi connectivity index (χ0n) is 15.0. The lowest BCUT2D eigenvalue weighted by molar-refractivity contribution is -0.142. The van der Waals surface area contributed by atoms with Crippen molar-refractivity contribution in [3.8, 4) is 5.75 Å². The molecule has 1 amide bonds. The number of likely N-dealkylation sites (tertiary alicyclic amines) is 1. The summed E-state index contributed by atoms with van der Waals surface area (Å²) in [5, 5.41) is 9.56. The van der Waals surface area contributed by atoms with E-state index in [2.05, 4.69) is 0 Å². The number of nitrogens with zero attached hydrogens (tertiary/aromatic N) is 1. The number of carboxylic acid groups (broad SMARTS) is 1. The van der Waals surface area contributed by atoms with Crippen LogP contribution < -0.4 is 4.74 Å². The van der Waals surface area contributed by atoms with E-state index >= 15 is 0 Å². The van der Waals surface area contributed by atoms with Gasteiger partial charge in [0, 0.05) is 19.0 Å². The lowest BCUT2D eigenvalue weighted by Crippen LogP contribution is -2.34. The van der Waals surface area contributed by atoms with Gasteiger partial charge in [-0.2, -0.15) is 0 Å². The maximum Gasteiger partial charge on any atom is 0.308 e. The molecule has 1 aliphatic rings. The second-order valence-electron chi connectivity index (χ2n) is 6.77. The molecule has 3 rings (SSSR count). The fourth-order valence-electron chi connectivity index (χ4n) is 3.55. The van der Waals surface area contributed by atoms with Crippen molar-refractivity contribution in [1.29, 1.82) is 0 Å². The minimum atomic E-state index is -0.871. The van der Waals surface area contributed by atoms with E-state index in [1.807, 2.05) is 62.4 Å². The van der Waals surface area contributed by atoms with Crippen molar-refractivity contribution >= 4 is 11.9 Å². The van der Waals surface area contributed by atoms with Crippen LogP contribution in [0.2, 0.25) is 0 Å².